The van der Waals surface area contributed by atoms with E-state index in [-0.39, 0.29) is 20.1 Å². The van der Waals surface area contributed by atoms with E-state index in [2.05, 4.69) is 0 Å². The van der Waals surface area contributed by atoms with Gasteiger partial charge in [-0.15, -0.1) is 0 Å². The van der Waals surface area contributed by atoms with E-state index in [1.807, 2.05) is 0 Å². The fraction of sp³-hybridized carbons (Fsp3) is 0.467. The van der Waals surface area contributed by atoms with Crippen LogP contribution < -0.4 is 0 Å². The summed E-state index contributed by atoms with van der Waals surface area (Å²) in [4.78, 5) is 0. The van der Waals surface area contributed by atoms with Crippen LogP contribution in [0.25, 0.3) is 0 Å². The van der Waals surface area contributed by atoms with Gasteiger partial charge in [-0.25, -0.2) is 0 Å². The van der Waals surface area contributed by atoms with Crippen molar-refractivity contribution in [1.82, 2.24) is 0 Å². The molecule has 4 atom stereocenters. The number of aliphatic hydroxyl groups excluding tert-OH is 2. The van der Waals surface area contributed by atoms with E-state index in [9.17, 15) is 20.4 Å². The van der Waals surface area contributed by atoms with Crippen molar-refractivity contribution in [2.24, 2.45) is 5.41 Å². The molecule has 8 heteroatoms. The standard InChI is InChI=1S/C15H16Cl4O4/c1-13(2,14(22)5-7(16)3-9(18)11(14)20)15(23)6-8(17)4-10(19)12(15)21/h3-6,11-12,20-23H,1-2H3. The van der Waals surface area contributed by atoms with E-state index >= 15 is 0 Å². The van der Waals surface area contributed by atoms with Crippen molar-refractivity contribution in [3.05, 3.63) is 44.4 Å². The highest BCUT2D eigenvalue weighted by molar-refractivity contribution is 6.36. The predicted molar refractivity (Wildman–Crippen MR) is 91.4 cm³/mol. The molecule has 23 heavy (non-hydrogen) atoms. The lowest BCUT2D eigenvalue weighted by Gasteiger charge is -2.54. The Hall–Kier alpha value is -0.0400. The molecule has 2 aliphatic carbocycles. The lowest BCUT2D eigenvalue weighted by atomic mass is 9.58. The van der Waals surface area contributed by atoms with Crippen LogP contribution in [0, 0.1) is 5.41 Å². The molecule has 0 spiro atoms. The summed E-state index contributed by atoms with van der Waals surface area (Å²) in [6, 6.07) is 0. The van der Waals surface area contributed by atoms with Crippen molar-refractivity contribution in [3.63, 3.8) is 0 Å². The maximum absolute atomic E-state index is 11.1. The molecule has 4 unspecified atom stereocenters. The molecule has 0 heterocycles. The summed E-state index contributed by atoms with van der Waals surface area (Å²) in [7, 11) is 0. The van der Waals surface area contributed by atoms with Gasteiger partial charge in [-0.2, -0.15) is 0 Å². The van der Waals surface area contributed by atoms with Gasteiger partial charge in [-0.1, -0.05) is 60.3 Å². The summed E-state index contributed by atoms with van der Waals surface area (Å²) in [5.41, 5.74) is -5.76. The minimum Gasteiger partial charge on any atom is -0.384 e. The second-order valence-corrected chi connectivity index (χ2v) is 7.94. The zero-order valence-corrected chi connectivity index (χ0v) is 15.3. The fourth-order valence-electron chi connectivity index (χ4n) is 2.87. The number of halogens is 4. The molecular weight excluding hydrogens is 386 g/mol. The average molecular weight is 402 g/mol. The molecule has 0 amide bonds. The largest absolute Gasteiger partial charge is 0.384 e. The highest BCUT2D eigenvalue weighted by atomic mass is 35.5. The van der Waals surface area contributed by atoms with E-state index in [4.69, 9.17) is 46.4 Å². The quantitative estimate of drug-likeness (QED) is 0.573. The van der Waals surface area contributed by atoms with Crippen LogP contribution in [0.3, 0.4) is 0 Å². The monoisotopic (exact) mass is 400 g/mol. The van der Waals surface area contributed by atoms with Crippen LogP contribution in [0.2, 0.25) is 0 Å². The van der Waals surface area contributed by atoms with Crippen molar-refractivity contribution in [3.8, 4) is 0 Å². The molecule has 2 aliphatic rings. The molecule has 0 aromatic rings. The second kappa shape index (κ2) is 6.04. The summed E-state index contributed by atoms with van der Waals surface area (Å²) in [6.45, 7) is 2.87. The lowest BCUT2D eigenvalue weighted by Crippen LogP contribution is -2.67. The Labute approximate surface area is 153 Å². The highest BCUT2D eigenvalue weighted by Gasteiger charge is 2.62. The SMILES string of the molecule is CC(C)(C1(O)C=C(Cl)C=C(Cl)C1O)C1(O)C=C(Cl)C=C(Cl)C1O. The van der Waals surface area contributed by atoms with Crippen LogP contribution in [-0.4, -0.2) is 43.8 Å². The Morgan fingerprint density at radius 2 is 1.13 bits per heavy atom. The van der Waals surface area contributed by atoms with E-state index in [1.54, 1.807) is 0 Å². The Balaban J connectivity index is 2.62. The first-order chi connectivity index (χ1) is 10.4. The summed E-state index contributed by atoms with van der Waals surface area (Å²) in [5, 5.41) is 42.9. The molecule has 0 aromatic carbocycles. The van der Waals surface area contributed by atoms with E-state index in [0.717, 1.165) is 0 Å². The first-order valence-electron chi connectivity index (χ1n) is 6.68. The van der Waals surface area contributed by atoms with E-state index in [1.165, 1.54) is 38.2 Å². The van der Waals surface area contributed by atoms with Gasteiger partial charge in [-0.3, -0.25) is 0 Å². The Kier molecular flexibility index (Phi) is 5.07. The third kappa shape index (κ3) is 2.79. The van der Waals surface area contributed by atoms with Gasteiger partial charge in [0.1, 0.15) is 23.4 Å². The van der Waals surface area contributed by atoms with Gasteiger partial charge < -0.3 is 20.4 Å². The maximum Gasteiger partial charge on any atom is 0.123 e. The number of aliphatic hydroxyl groups is 4. The van der Waals surface area contributed by atoms with Crippen LogP contribution in [-0.2, 0) is 0 Å². The van der Waals surface area contributed by atoms with Gasteiger partial charge in [-0.05, 0) is 24.3 Å². The van der Waals surface area contributed by atoms with Crippen molar-refractivity contribution in [1.29, 1.82) is 0 Å². The van der Waals surface area contributed by atoms with Crippen molar-refractivity contribution in [2.75, 3.05) is 0 Å². The minimum atomic E-state index is -2.09. The Bertz CT molecular complexity index is 598. The predicted octanol–water partition coefficient (Wildman–Crippen LogP) is 2.71. The molecule has 4 N–H and O–H groups in total. The molecular formula is C15H16Cl4O4. The highest BCUT2D eigenvalue weighted by Crippen LogP contribution is 2.52. The zero-order valence-electron chi connectivity index (χ0n) is 12.3. The van der Waals surface area contributed by atoms with Gasteiger partial charge in [0.05, 0.1) is 10.1 Å². The van der Waals surface area contributed by atoms with E-state index < -0.39 is 28.8 Å². The van der Waals surface area contributed by atoms with Crippen LogP contribution in [0.1, 0.15) is 13.8 Å². The first-order valence-corrected chi connectivity index (χ1v) is 8.20. The van der Waals surface area contributed by atoms with Gasteiger partial charge in [0.2, 0.25) is 0 Å². The molecule has 0 aliphatic heterocycles. The molecule has 0 fully saturated rings. The van der Waals surface area contributed by atoms with Crippen molar-refractivity contribution < 1.29 is 20.4 Å². The lowest BCUT2D eigenvalue weighted by molar-refractivity contribution is -0.196. The molecule has 0 saturated heterocycles. The second-order valence-electron chi connectivity index (χ2n) is 6.20. The van der Waals surface area contributed by atoms with Gasteiger partial charge in [0.25, 0.3) is 0 Å². The molecule has 2 rings (SSSR count). The number of allylic oxidation sites excluding steroid dienone is 4. The average Bonchev–Trinajstić information content (AvgIpc) is 2.41. The van der Waals surface area contributed by atoms with Crippen LogP contribution in [0.4, 0.5) is 0 Å². The Morgan fingerprint density at radius 1 is 0.826 bits per heavy atom. The summed E-state index contributed by atoms with van der Waals surface area (Å²) >= 11 is 23.8. The fourth-order valence-corrected chi connectivity index (χ4v) is 4.12. The third-order valence-corrected chi connectivity index (χ3v) is 5.69. The topological polar surface area (TPSA) is 80.9 Å². The van der Waals surface area contributed by atoms with Gasteiger partial charge in [0, 0.05) is 15.5 Å². The molecule has 0 saturated carbocycles. The van der Waals surface area contributed by atoms with Crippen LogP contribution in [0.5, 0.6) is 0 Å². The van der Waals surface area contributed by atoms with Gasteiger partial charge in [0.15, 0.2) is 0 Å². The number of hydrogen-bond donors (Lipinski definition) is 4. The minimum absolute atomic E-state index is 0.0847. The van der Waals surface area contributed by atoms with Crippen molar-refractivity contribution >= 4 is 46.4 Å². The third-order valence-electron chi connectivity index (χ3n) is 4.63. The summed E-state index contributed by atoms with van der Waals surface area (Å²) in [5.74, 6) is 0. The number of hydrogen-bond acceptors (Lipinski definition) is 4. The zero-order chi connectivity index (χ0) is 17.8. The summed E-state index contributed by atoms with van der Waals surface area (Å²) in [6.07, 6.45) is 1.79. The molecule has 0 radical (unpaired) electrons. The van der Waals surface area contributed by atoms with Crippen LogP contribution in [0.15, 0.2) is 44.4 Å². The smallest absolute Gasteiger partial charge is 0.123 e. The molecule has 0 aromatic heterocycles. The molecule has 4 nitrogen and oxygen atoms in total. The number of rotatable bonds is 2. The summed E-state index contributed by atoms with van der Waals surface area (Å²) < 4.78 is 0. The normalized spacial score (nSPS) is 38.5. The van der Waals surface area contributed by atoms with Crippen LogP contribution >= 0.6 is 46.4 Å². The molecule has 128 valence electrons. The van der Waals surface area contributed by atoms with Gasteiger partial charge >= 0.3 is 0 Å². The maximum atomic E-state index is 11.1. The van der Waals surface area contributed by atoms with Crippen molar-refractivity contribution in [2.45, 2.75) is 37.3 Å². The molecule has 0 bridgehead atoms. The first kappa shape index (κ1) is 19.3. The Morgan fingerprint density at radius 3 is 1.43 bits per heavy atom. The van der Waals surface area contributed by atoms with E-state index in [0.29, 0.717) is 0 Å².